The molecule has 180 valence electrons. The maximum Gasteiger partial charge on any atom is 0.230 e. The van der Waals surface area contributed by atoms with Crippen LogP contribution in [0.25, 0.3) is 0 Å². The van der Waals surface area contributed by atoms with Crippen molar-refractivity contribution in [3.63, 3.8) is 0 Å². The number of rotatable bonds is 9. The number of aromatic nitrogens is 1. The highest BCUT2D eigenvalue weighted by Crippen LogP contribution is 2.25. The average molecular weight is 488 g/mol. The van der Waals surface area contributed by atoms with Gasteiger partial charge in [0.1, 0.15) is 0 Å². The van der Waals surface area contributed by atoms with E-state index >= 15 is 0 Å². The van der Waals surface area contributed by atoms with E-state index in [1.54, 1.807) is 17.0 Å². The first-order valence-corrected chi connectivity index (χ1v) is 12.8. The van der Waals surface area contributed by atoms with Gasteiger partial charge in [-0.15, -0.1) is 11.8 Å². The molecule has 0 saturated carbocycles. The van der Waals surface area contributed by atoms with Gasteiger partial charge in [0.15, 0.2) is 5.78 Å². The van der Waals surface area contributed by atoms with Crippen LogP contribution in [0.4, 0.5) is 0 Å². The number of benzene rings is 2. The molecule has 0 saturated heterocycles. The lowest BCUT2D eigenvalue weighted by molar-refractivity contribution is -0.132. The Morgan fingerprint density at radius 2 is 1.71 bits per heavy atom. The monoisotopic (exact) mass is 487 g/mol. The van der Waals surface area contributed by atoms with Gasteiger partial charge in [-0.25, -0.2) is 0 Å². The number of nitrogens with zero attached hydrogens (tertiary/aromatic N) is 2. The summed E-state index contributed by atoms with van der Waals surface area (Å²) in [5.41, 5.74) is 4.74. The molecule has 1 N–H and O–H groups in total. The molecule has 0 radical (unpaired) electrons. The highest BCUT2D eigenvalue weighted by molar-refractivity contribution is 8.00. The van der Waals surface area contributed by atoms with E-state index in [1.807, 2.05) is 61.7 Å². The number of fused-ring (bicyclic) bond motifs is 1. The molecule has 0 unspecified atom stereocenters. The number of ketones is 1. The summed E-state index contributed by atoms with van der Waals surface area (Å²) in [6.07, 6.45) is 2.94. The van der Waals surface area contributed by atoms with Crippen molar-refractivity contribution in [2.24, 2.45) is 0 Å². The van der Waals surface area contributed by atoms with Gasteiger partial charge in [0.2, 0.25) is 11.8 Å². The first kappa shape index (κ1) is 24.7. The molecule has 1 aromatic heterocycles. The number of thioether (sulfide) groups is 1. The molecule has 0 fully saturated rings. The third-order valence-electron chi connectivity index (χ3n) is 6.19. The Bertz CT molecular complexity index is 1200. The largest absolute Gasteiger partial charge is 0.351 e. The Morgan fingerprint density at radius 1 is 1.00 bits per heavy atom. The molecule has 0 aliphatic carbocycles. The van der Waals surface area contributed by atoms with Crippen molar-refractivity contribution >= 4 is 29.4 Å². The van der Waals surface area contributed by atoms with Crippen molar-refractivity contribution in [3.8, 4) is 0 Å². The zero-order valence-corrected chi connectivity index (χ0v) is 20.6. The van der Waals surface area contributed by atoms with Crippen LogP contribution in [-0.2, 0) is 29.1 Å². The van der Waals surface area contributed by atoms with Gasteiger partial charge in [-0.3, -0.25) is 19.4 Å². The highest BCUT2D eigenvalue weighted by Gasteiger charge is 2.24. The van der Waals surface area contributed by atoms with Gasteiger partial charge in [0.25, 0.3) is 0 Å². The molecule has 3 aromatic rings. The smallest absolute Gasteiger partial charge is 0.230 e. The van der Waals surface area contributed by atoms with Crippen molar-refractivity contribution in [2.75, 3.05) is 12.3 Å². The zero-order valence-electron chi connectivity index (χ0n) is 19.8. The molecule has 4 rings (SSSR count). The second-order valence-corrected chi connectivity index (χ2v) is 9.61. The molecule has 0 bridgehead atoms. The molecule has 7 heteroatoms. The van der Waals surface area contributed by atoms with Crippen molar-refractivity contribution in [2.45, 2.75) is 44.2 Å². The van der Waals surface area contributed by atoms with Crippen LogP contribution in [0.15, 0.2) is 71.8 Å². The topological polar surface area (TPSA) is 79.4 Å². The maximum absolute atomic E-state index is 12.8. The second kappa shape index (κ2) is 11.8. The van der Waals surface area contributed by atoms with E-state index in [2.05, 4.69) is 10.3 Å². The molecule has 2 heterocycles. The fourth-order valence-electron chi connectivity index (χ4n) is 4.22. The normalized spacial score (nSPS) is 12.7. The molecule has 6 nitrogen and oxygen atoms in total. The van der Waals surface area contributed by atoms with E-state index in [4.69, 9.17) is 0 Å². The fourth-order valence-corrected chi connectivity index (χ4v) is 4.97. The number of aryl methyl sites for hydroxylation is 1. The van der Waals surface area contributed by atoms with Gasteiger partial charge in [-0.1, -0.05) is 48.5 Å². The minimum Gasteiger partial charge on any atom is -0.351 e. The van der Waals surface area contributed by atoms with Crippen molar-refractivity contribution in [1.29, 1.82) is 0 Å². The van der Waals surface area contributed by atoms with Crippen molar-refractivity contribution in [3.05, 3.63) is 94.8 Å². The molecule has 2 amide bonds. The predicted octanol–water partition coefficient (Wildman–Crippen LogP) is 4.35. The summed E-state index contributed by atoms with van der Waals surface area (Å²) >= 11 is 1.51. The van der Waals surface area contributed by atoms with Crippen LogP contribution in [0.1, 0.15) is 45.6 Å². The molecule has 35 heavy (non-hydrogen) atoms. The molecule has 0 atom stereocenters. The minimum atomic E-state index is -0.0217. The highest BCUT2D eigenvalue weighted by atomic mass is 32.2. The number of hydrogen-bond acceptors (Lipinski definition) is 5. The van der Waals surface area contributed by atoms with Crippen LogP contribution in [0.3, 0.4) is 0 Å². The Labute approximate surface area is 210 Å². The van der Waals surface area contributed by atoms with Crippen LogP contribution < -0.4 is 5.32 Å². The molecule has 1 aliphatic rings. The van der Waals surface area contributed by atoms with Crippen LogP contribution in [0, 0.1) is 6.92 Å². The van der Waals surface area contributed by atoms with Gasteiger partial charge in [-0.2, -0.15) is 0 Å². The Hall–Kier alpha value is -3.45. The van der Waals surface area contributed by atoms with E-state index in [-0.39, 0.29) is 30.4 Å². The number of Topliss-reactive ketones (excluding diaryl/α,β-unsaturated/α-hetero) is 1. The summed E-state index contributed by atoms with van der Waals surface area (Å²) in [7, 11) is 0. The number of carbonyl (C=O) groups excluding carboxylic acids is 3. The number of amides is 2. The lowest BCUT2D eigenvalue weighted by atomic mass is 9.94. The SMILES string of the molecule is Cc1ncc2c(c1CNC(=O)CSc1ccccc1)CCN(C(=O)CCC(=O)c1ccccc1)C2. The van der Waals surface area contributed by atoms with Gasteiger partial charge < -0.3 is 10.2 Å². The molecular weight excluding hydrogens is 458 g/mol. The van der Waals surface area contributed by atoms with E-state index in [1.165, 1.54) is 11.8 Å². The summed E-state index contributed by atoms with van der Waals surface area (Å²) < 4.78 is 0. The second-order valence-electron chi connectivity index (χ2n) is 8.56. The van der Waals surface area contributed by atoms with E-state index < -0.39 is 0 Å². The van der Waals surface area contributed by atoms with Crippen LogP contribution in [0.2, 0.25) is 0 Å². The number of nitrogens with one attached hydrogen (secondary N) is 1. The predicted molar refractivity (Wildman–Crippen MR) is 137 cm³/mol. The van der Waals surface area contributed by atoms with Gasteiger partial charge >= 0.3 is 0 Å². The summed E-state index contributed by atoms with van der Waals surface area (Å²) in [6, 6.07) is 18.9. The quantitative estimate of drug-likeness (QED) is 0.359. The van der Waals surface area contributed by atoms with Crippen molar-refractivity contribution < 1.29 is 14.4 Å². The summed E-state index contributed by atoms with van der Waals surface area (Å²) in [5, 5.41) is 3.02. The van der Waals surface area contributed by atoms with E-state index in [0.717, 1.165) is 27.3 Å². The molecule has 2 aromatic carbocycles. The van der Waals surface area contributed by atoms with E-state index in [9.17, 15) is 14.4 Å². The fraction of sp³-hybridized carbons (Fsp3) is 0.286. The number of pyridine rings is 1. The zero-order chi connectivity index (χ0) is 24.6. The molecule has 1 aliphatic heterocycles. The van der Waals surface area contributed by atoms with Crippen LogP contribution in [-0.4, -0.2) is 39.8 Å². The molecule has 0 spiro atoms. The number of carbonyl (C=O) groups is 3. The lowest BCUT2D eigenvalue weighted by Crippen LogP contribution is -2.37. The standard InChI is InChI=1S/C28H29N3O3S/c1-20-25(17-30-27(33)19-35-23-10-6-3-7-11-23)24-14-15-31(18-22(24)16-29-20)28(34)13-12-26(32)21-8-4-2-5-9-21/h2-11,16H,12-15,17-19H2,1H3,(H,30,33). The summed E-state index contributed by atoms with van der Waals surface area (Å²) in [5.74, 6) is 0.298. The first-order chi connectivity index (χ1) is 17.0. The Balaban J connectivity index is 1.32. The summed E-state index contributed by atoms with van der Waals surface area (Å²) in [4.78, 5) is 44.9. The first-order valence-electron chi connectivity index (χ1n) is 11.8. The Morgan fingerprint density at radius 3 is 2.46 bits per heavy atom. The van der Waals surface area contributed by atoms with Gasteiger partial charge in [-0.05, 0) is 42.2 Å². The lowest BCUT2D eigenvalue weighted by Gasteiger charge is -2.30. The Kier molecular flexibility index (Phi) is 8.32. The van der Waals surface area contributed by atoms with Crippen LogP contribution >= 0.6 is 11.8 Å². The van der Waals surface area contributed by atoms with Gasteiger partial charge in [0, 0.05) is 54.8 Å². The third-order valence-corrected chi connectivity index (χ3v) is 7.20. The average Bonchev–Trinajstić information content (AvgIpc) is 2.90. The maximum atomic E-state index is 12.8. The third kappa shape index (κ3) is 6.57. The molecular formula is C28H29N3O3S. The van der Waals surface area contributed by atoms with E-state index in [0.29, 0.717) is 37.4 Å². The van der Waals surface area contributed by atoms with Crippen LogP contribution in [0.5, 0.6) is 0 Å². The summed E-state index contributed by atoms with van der Waals surface area (Å²) in [6.45, 7) is 3.45. The van der Waals surface area contributed by atoms with Crippen molar-refractivity contribution in [1.82, 2.24) is 15.2 Å². The number of hydrogen-bond donors (Lipinski definition) is 1. The minimum absolute atomic E-state index is 0.0166. The van der Waals surface area contributed by atoms with Gasteiger partial charge in [0.05, 0.1) is 5.75 Å².